The number of amides is 1. The normalized spacial score (nSPS) is 20.8. The third kappa shape index (κ3) is 6.59. The quantitative estimate of drug-likeness (QED) is 0.375. The number of hydrogen-bond donors (Lipinski definition) is 1. The molecule has 1 amide bonds. The number of nitrogens with zero attached hydrogens (tertiary/aromatic N) is 4. The largest absolute Gasteiger partial charge is 0.375 e. The van der Waals surface area contributed by atoms with Gasteiger partial charge in [-0.1, -0.05) is 18.2 Å². The number of nitrogens with one attached hydrogen (secondary N) is 1. The molecule has 1 atom stereocenters. The number of benzene rings is 1. The molecule has 8 heteroatoms. The maximum Gasteiger partial charge on any atom is 0.243 e. The molecule has 32 heavy (non-hydrogen) atoms. The molecule has 0 aliphatic carbocycles. The van der Waals surface area contributed by atoms with E-state index < -0.39 is 5.79 Å². The number of guanidine groups is 1. The Morgan fingerprint density at radius 1 is 1.22 bits per heavy atom. The fourth-order valence-corrected chi connectivity index (χ4v) is 4.24. The van der Waals surface area contributed by atoms with E-state index in [1.54, 1.807) is 19.0 Å². The lowest BCUT2D eigenvalue weighted by molar-refractivity contribution is -0.189. The molecular formula is C24H39N5O3. The molecule has 0 bridgehead atoms. The molecule has 1 aromatic rings. The molecule has 2 saturated heterocycles. The van der Waals surface area contributed by atoms with Crippen molar-refractivity contribution in [3.63, 3.8) is 0 Å². The minimum Gasteiger partial charge on any atom is -0.375 e. The van der Waals surface area contributed by atoms with Gasteiger partial charge in [-0.25, -0.2) is 4.99 Å². The van der Waals surface area contributed by atoms with Crippen LogP contribution in [0.15, 0.2) is 35.3 Å². The summed E-state index contributed by atoms with van der Waals surface area (Å²) in [6.45, 7) is 6.94. The summed E-state index contributed by atoms with van der Waals surface area (Å²) in [4.78, 5) is 22.9. The van der Waals surface area contributed by atoms with Crippen molar-refractivity contribution in [1.29, 1.82) is 0 Å². The fourth-order valence-electron chi connectivity index (χ4n) is 4.24. The van der Waals surface area contributed by atoms with Crippen molar-refractivity contribution < 1.29 is 14.3 Å². The first kappa shape index (κ1) is 24.3. The number of likely N-dealkylation sites (tertiary alicyclic amines) is 1. The number of carbonyl (C=O) groups excluding carboxylic acids is 1. The van der Waals surface area contributed by atoms with Crippen molar-refractivity contribution in [3.8, 4) is 0 Å². The van der Waals surface area contributed by atoms with Crippen molar-refractivity contribution in [1.82, 2.24) is 15.1 Å². The SMILES string of the molecule is CN(C)C(=O)CN=C(NCCCN(C)c1ccccc1)N1CCCC(C2(C)OCCO2)C1. The van der Waals surface area contributed by atoms with Crippen LogP contribution < -0.4 is 10.2 Å². The molecule has 0 spiro atoms. The van der Waals surface area contributed by atoms with E-state index in [0.29, 0.717) is 13.2 Å². The summed E-state index contributed by atoms with van der Waals surface area (Å²) in [5.41, 5.74) is 1.21. The number of likely N-dealkylation sites (N-methyl/N-ethyl adjacent to an activating group) is 1. The number of carbonyl (C=O) groups is 1. The van der Waals surface area contributed by atoms with E-state index in [1.807, 2.05) is 13.0 Å². The minimum absolute atomic E-state index is 0.00362. The molecule has 1 aromatic carbocycles. The Bertz CT molecular complexity index is 749. The standard InChI is InChI=1S/C24H39N5O3/c1-24(31-16-17-32-24)20-10-8-15-29(19-20)23(26-18-22(30)27(2)3)25-13-9-14-28(4)21-11-6-5-7-12-21/h5-7,11-12,20H,8-10,13-19H2,1-4H3,(H,25,26). The topological polar surface area (TPSA) is 69.6 Å². The molecular weight excluding hydrogens is 406 g/mol. The molecule has 1 N–H and O–H groups in total. The van der Waals surface area contributed by atoms with E-state index in [2.05, 4.69) is 51.4 Å². The van der Waals surface area contributed by atoms with Gasteiger partial charge >= 0.3 is 0 Å². The highest BCUT2D eigenvalue weighted by molar-refractivity contribution is 5.84. The highest BCUT2D eigenvalue weighted by Gasteiger charge is 2.42. The molecule has 8 nitrogen and oxygen atoms in total. The van der Waals surface area contributed by atoms with Crippen LogP contribution in [0.5, 0.6) is 0 Å². The van der Waals surface area contributed by atoms with Crippen LogP contribution in [0.2, 0.25) is 0 Å². The van der Waals surface area contributed by atoms with E-state index in [4.69, 9.17) is 9.47 Å². The van der Waals surface area contributed by atoms with Crippen molar-refractivity contribution in [3.05, 3.63) is 30.3 Å². The van der Waals surface area contributed by atoms with Crippen molar-refractivity contribution in [2.45, 2.75) is 32.0 Å². The van der Waals surface area contributed by atoms with Crippen LogP contribution >= 0.6 is 0 Å². The lowest BCUT2D eigenvalue weighted by Crippen LogP contribution is -2.52. The van der Waals surface area contributed by atoms with Gasteiger partial charge < -0.3 is 29.5 Å². The summed E-state index contributed by atoms with van der Waals surface area (Å²) in [7, 11) is 5.63. The molecule has 0 aromatic heterocycles. The number of hydrogen-bond acceptors (Lipinski definition) is 5. The van der Waals surface area contributed by atoms with E-state index in [0.717, 1.165) is 51.4 Å². The molecule has 178 valence electrons. The summed E-state index contributed by atoms with van der Waals surface area (Å²) in [6.07, 6.45) is 3.08. The predicted molar refractivity (Wildman–Crippen MR) is 128 cm³/mol. The van der Waals surface area contributed by atoms with Crippen LogP contribution in [0.1, 0.15) is 26.2 Å². The number of aliphatic imine (C=N–C) groups is 1. The third-order valence-corrected chi connectivity index (χ3v) is 6.34. The van der Waals surface area contributed by atoms with Crippen molar-refractivity contribution >= 4 is 17.6 Å². The van der Waals surface area contributed by atoms with Crippen molar-refractivity contribution in [2.75, 3.05) is 72.0 Å². The van der Waals surface area contributed by atoms with Gasteiger partial charge in [-0.3, -0.25) is 4.79 Å². The van der Waals surface area contributed by atoms with Gasteiger partial charge in [0.25, 0.3) is 0 Å². The van der Waals surface area contributed by atoms with E-state index >= 15 is 0 Å². The maximum absolute atomic E-state index is 12.2. The Kier molecular flexibility index (Phi) is 8.75. The summed E-state index contributed by atoms with van der Waals surface area (Å²) in [6, 6.07) is 10.4. The van der Waals surface area contributed by atoms with Gasteiger partial charge in [-0.2, -0.15) is 0 Å². The average Bonchev–Trinajstić information content (AvgIpc) is 3.26. The molecule has 3 rings (SSSR count). The summed E-state index contributed by atoms with van der Waals surface area (Å²) >= 11 is 0. The smallest absolute Gasteiger partial charge is 0.243 e. The Morgan fingerprint density at radius 2 is 1.94 bits per heavy atom. The molecule has 1 unspecified atom stereocenters. The highest BCUT2D eigenvalue weighted by atomic mass is 16.7. The molecule has 2 heterocycles. The lowest BCUT2D eigenvalue weighted by atomic mass is 9.90. The van der Waals surface area contributed by atoms with Gasteiger partial charge in [0.2, 0.25) is 5.91 Å². The Balaban J connectivity index is 1.58. The van der Waals surface area contributed by atoms with Crippen LogP contribution in [-0.2, 0) is 14.3 Å². The number of rotatable bonds is 8. The van der Waals surface area contributed by atoms with E-state index in [-0.39, 0.29) is 18.4 Å². The Hall–Kier alpha value is -2.32. The predicted octanol–water partition coefficient (Wildman–Crippen LogP) is 2.02. The van der Waals surface area contributed by atoms with Gasteiger partial charge in [0, 0.05) is 58.9 Å². The van der Waals surface area contributed by atoms with Gasteiger partial charge in [0.05, 0.1) is 13.2 Å². The number of anilines is 1. The Labute approximate surface area is 192 Å². The maximum atomic E-state index is 12.2. The van der Waals surface area contributed by atoms with E-state index in [9.17, 15) is 4.79 Å². The monoisotopic (exact) mass is 445 g/mol. The highest BCUT2D eigenvalue weighted by Crippen LogP contribution is 2.34. The second-order valence-electron chi connectivity index (χ2n) is 8.96. The summed E-state index contributed by atoms with van der Waals surface area (Å²) in [5.74, 6) is 0.547. The first-order chi connectivity index (χ1) is 15.4. The van der Waals surface area contributed by atoms with Crippen LogP contribution in [0.4, 0.5) is 5.69 Å². The molecule has 0 saturated carbocycles. The van der Waals surface area contributed by atoms with Crippen molar-refractivity contribution in [2.24, 2.45) is 10.9 Å². The number of para-hydroxylation sites is 1. The van der Waals surface area contributed by atoms with Crippen LogP contribution in [0.3, 0.4) is 0 Å². The number of piperidine rings is 1. The lowest BCUT2D eigenvalue weighted by Gasteiger charge is -2.41. The zero-order valence-corrected chi connectivity index (χ0v) is 20.0. The first-order valence-electron chi connectivity index (χ1n) is 11.7. The van der Waals surface area contributed by atoms with Gasteiger partial charge in [0.1, 0.15) is 6.54 Å². The van der Waals surface area contributed by atoms with Gasteiger partial charge in [-0.15, -0.1) is 0 Å². The molecule has 0 radical (unpaired) electrons. The number of ether oxygens (including phenoxy) is 2. The first-order valence-corrected chi connectivity index (χ1v) is 11.7. The second-order valence-corrected chi connectivity index (χ2v) is 8.96. The van der Waals surface area contributed by atoms with Crippen LogP contribution in [0, 0.1) is 5.92 Å². The molecule has 2 aliphatic heterocycles. The Morgan fingerprint density at radius 3 is 2.62 bits per heavy atom. The zero-order chi connectivity index (χ0) is 23.0. The average molecular weight is 446 g/mol. The van der Waals surface area contributed by atoms with Gasteiger partial charge in [-0.05, 0) is 38.3 Å². The van der Waals surface area contributed by atoms with Crippen LogP contribution in [0.25, 0.3) is 0 Å². The van der Waals surface area contributed by atoms with E-state index in [1.165, 1.54) is 5.69 Å². The van der Waals surface area contributed by atoms with Crippen LogP contribution in [-0.4, -0.2) is 94.5 Å². The third-order valence-electron chi connectivity index (χ3n) is 6.34. The van der Waals surface area contributed by atoms with Gasteiger partial charge in [0.15, 0.2) is 11.7 Å². The zero-order valence-electron chi connectivity index (χ0n) is 20.0. The molecule has 2 aliphatic rings. The second kappa shape index (κ2) is 11.5. The summed E-state index contributed by atoms with van der Waals surface area (Å²) in [5, 5.41) is 3.51. The fraction of sp³-hybridized carbons (Fsp3) is 0.667. The minimum atomic E-state index is -0.526. The summed E-state index contributed by atoms with van der Waals surface area (Å²) < 4.78 is 11.9. The molecule has 2 fully saturated rings.